The number of nitrogens with one attached hydrogen (secondary N) is 1. The van der Waals surface area contributed by atoms with E-state index in [1.165, 1.54) is 17.4 Å². The fourth-order valence-electron chi connectivity index (χ4n) is 3.34. The second kappa shape index (κ2) is 13.2. The first kappa shape index (κ1) is 25.1. The van der Waals surface area contributed by atoms with Crippen LogP contribution < -0.4 is 10.2 Å². The van der Waals surface area contributed by atoms with Gasteiger partial charge in [-0.2, -0.15) is 0 Å². The van der Waals surface area contributed by atoms with Crippen LogP contribution in [-0.4, -0.2) is 60.3 Å². The van der Waals surface area contributed by atoms with Crippen molar-refractivity contribution in [1.82, 2.24) is 20.1 Å². The summed E-state index contributed by atoms with van der Waals surface area (Å²) in [5, 5.41) is 13.0. The Labute approximate surface area is 204 Å². The van der Waals surface area contributed by atoms with Crippen molar-refractivity contribution in [3.05, 3.63) is 59.6 Å². The molecule has 1 aromatic heterocycles. The van der Waals surface area contributed by atoms with Gasteiger partial charge >= 0.3 is 0 Å². The molecule has 0 aliphatic heterocycles. The summed E-state index contributed by atoms with van der Waals surface area (Å²) in [6, 6.07) is 17.8. The first-order valence-corrected chi connectivity index (χ1v) is 12.3. The van der Waals surface area contributed by atoms with Crippen LogP contribution in [-0.2, 0) is 16.1 Å². The molecule has 1 heterocycles. The highest BCUT2D eigenvalue weighted by atomic mass is 35.5. The van der Waals surface area contributed by atoms with Crippen LogP contribution in [0.2, 0.25) is 5.02 Å². The van der Waals surface area contributed by atoms with E-state index >= 15 is 0 Å². The van der Waals surface area contributed by atoms with Crippen molar-refractivity contribution in [3.63, 3.8) is 0 Å². The first-order chi connectivity index (χ1) is 16.1. The molecular formula is C24H30ClN5O2S. The quantitative estimate of drug-likeness (QED) is 0.285. The zero-order valence-corrected chi connectivity index (χ0v) is 20.6. The average Bonchev–Trinajstić information content (AvgIpc) is 3.24. The maximum Gasteiger partial charge on any atom is 0.230 e. The summed E-state index contributed by atoms with van der Waals surface area (Å²) in [7, 11) is 3.73. The lowest BCUT2D eigenvalue weighted by molar-refractivity contribution is -0.118. The molecule has 1 amide bonds. The maximum atomic E-state index is 12.4. The third-order valence-electron chi connectivity index (χ3n) is 5.08. The molecule has 0 aliphatic rings. The lowest BCUT2D eigenvalue weighted by atomic mass is 10.2. The minimum atomic E-state index is -0.0203. The first-order valence-electron chi connectivity index (χ1n) is 10.9. The molecule has 7 nitrogen and oxygen atoms in total. The Balaban J connectivity index is 1.52. The zero-order chi connectivity index (χ0) is 23.5. The molecule has 0 saturated heterocycles. The van der Waals surface area contributed by atoms with Crippen LogP contribution in [0, 0.1) is 0 Å². The summed E-state index contributed by atoms with van der Waals surface area (Å²) < 4.78 is 7.20. The normalized spacial score (nSPS) is 10.9. The number of carbonyl (C=O) groups excluding carboxylic acids is 1. The van der Waals surface area contributed by atoms with Gasteiger partial charge in [0.25, 0.3) is 0 Å². The molecule has 0 saturated carbocycles. The zero-order valence-electron chi connectivity index (χ0n) is 19.0. The summed E-state index contributed by atoms with van der Waals surface area (Å²) in [4.78, 5) is 14.6. The molecule has 0 radical (unpaired) electrons. The van der Waals surface area contributed by atoms with Crippen molar-refractivity contribution in [3.8, 4) is 11.4 Å². The van der Waals surface area contributed by atoms with E-state index < -0.39 is 0 Å². The number of aromatic nitrogens is 3. The van der Waals surface area contributed by atoms with Gasteiger partial charge in [0.15, 0.2) is 11.0 Å². The van der Waals surface area contributed by atoms with Gasteiger partial charge in [0, 0.05) is 51.6 Å². The summed E-state index contributed by atoms with van der Waals surface area (Å²) in [6.45, 7) is 2.80. The number of anilines is 1. The van der Waals surface area contributed by atoms with Gasteiger partial charge in [0.2, 0.25) is 5.91 Å². The fourth-order valence-corrected chi connectivity index (χ4v) is 4.36. The lowest BCUT2D eigenvalue weighted by Crippen LogP contribution is -2.29. The summed E-state index contributed by atoms with van der Waals surface area (Å²) in [5.41, 5.74) is 1.99. The number of hydrogen-bond acceptors (Lipinski definition) is 6. The van der Waals surface area contributed by atoms with Gasteiger partial charge in [-0.3, -0.25) is 4.79 Å². The van der Waals surface area contributed by atoms with E-state index in [2.05, 4.69) is 39.6 Å². The van der Waals surface area contributed by atoms with E-state index in [1.807, 2.05) is 47.0 Å². The number of nitrogens with zero attached hydrogens (tertiary/aromatic N) is 4. The number of halogens is 1. The Morgan fingerprint density at radius 2 is 1.88 bits per heavy atom. The Hall–Kier alpha value is -2.55. The number of carbonyl (C=O) groups is 1. The smallest absolute Gasteiger partial charge is 0.230 e. The van der Waals surface area contributed by atoms with Crippen LogP contribution in [0.1, 0.15) is 12.8 Å². The molecule has 0 bridgehead atoms. The number of methoxy groups -OCH3 is 1. The summed E-state index contributed by atoms with van der Waals surface area (Å²) in [6.07, 6.45) is 1.67. The Bertz CT molecular complexity index is 1020. The summed E-state index contributed by atoms with van der Waals surface area (Å²) >= 11 is 7.76. The van der Waals surface area contributed by atoms with E-state index in [9.17, 15) is 4.79 Å². The SMILES string of the molecule is COCCCn1c(SCC(=O)NCCCN(C)c2ccccc2)nnc1-c1ccccc1Cl. The third kappa shape index (κ3) is 7.48. The molecule has 9 heteroatoms. The van der Waals surface area contributed by atoms with Crippen molar-refractivity contribution in [1.29, 1.82) is 0 Å². The van der Waals surface area contributed by atoms with Crippen LogP contribution in [0.3, 0.4) is 0 Å². The highest BCUT2D eigenvalue weighted by molar-refractivity contribution is 7.99. The molecule has 0 unspecified atom stereocenters. The molecule has 176 valence electrons. The predicted octanol–water partition coefficient (Wildman–Crippen LogP) is 4.37. The standard InChI is InChI=1S/C24H30ClN5O2S/c1-29(19-10-4-3-5-11-19)15-8-14-26-22(31)18-33-24-28-27-23(30(24)16-9-17-32-2)20-12-6-7-13-21(20)25/h3-7,10-13H,8-9,14-18H2,1-2H3,(H,26,31). The van der Waals surface area contributed by atoms with E-state index in [0.717, 1.165) is 24.9 Å². The van der Waals surface area contributed by atoms with Gasteiger partial charge in [0.1, 0.15) is 0 Å². The minimum absolute atomic E-state index is 0.0203. The number of ether oxygens (including phenoxy) is 1. The van der Waals surface area contributed by atoms with E-state index in [0.29, 0.717) is 35.7 Å². The molecule has 33 heavy (non-hydrogen) atoms. The average molecular weight is 488 g/mol. The van der Waals surface area contributed by atoms with Crippen LogP contribution in [0.25, 0.3) is 11.4 Å². The molecule has 0 atom stereocenters. The van der Waals surface area contributed by atoms with Gasteiger partial charge in [-0.1, -0.05) is 53.7 Å². The Kier molecular flexibility index (Phi) is 10.1. The van der Waals surface area contributed by atoms with Gasteiger partial charge < -0.3 is 19.5 Å². The Morgan fingerprint density at radius 1 is 1.12 bits per heavy atom. The van der Waals surface area contributed by atoms with Crippen molar-refractivity contribution in [2.24, 2.45) is 0 Å². The van der Waals surface area contributed by atoms with Crippen LogP contribution in [0.15, 0.2) is 59.8 Å². The number of rotatable bonds is 13. The van der Waals surface area contributed by atoms with Crippen molar-refractivity contribution >= 4 is 35.0 Å². The monoisotopic (exact) mass is 487 g/mol. The molecule has 3 rings (SSSR count). The molecule has 0 fully saturated rings. The van der Waals surface area contributed by atoms with Crippen molar-refractivity contribution in [2.75, 3.05) is 44.5 Å². The second-order valence-corrected chi connectivity index (χ2v) is 8.88. The molecule has 3 aromatic rings. The van der Waals surface area contributed by atoms with Crippen molar-refractivity contribution in [2.45, 2.75) is 24.5 Å². The number of para-hydroxylation sites is 1. The number of benzene rings is 2. The van der Waals surface area contributed by atoms with Crippen LogP contribution in [0.4, 0.5) is 5.69 Å². The van der Waals surface area contributed by atoms with E-state index in [-0.39, 0.29) is 11.7 Å². The molecular weight excluding hydrogens is 458 g/mol. The lowest BCUT2D eigenvalue weighted by Gasteiger charge is -2.19. The predicted molar refractivity (Wildman–Crippen MR) is 135 cm³/mol. The van der Waals surface area contributed by atoms with Crippen LogP contribution in [0.5, 0.6) is 0 Å². The van der Waals surface area contributed by atoms with Gasteiger partial charge in [-0.15, -0.1) is 10.2 Å². The molecule has 1 N–H and O–H groups in total. The van der Waals surface area contributed by atoms with E-state index in [1.54, 1.807) is 7.11 Å². The number of amides is 1. The maximum absolute atomic E-state index is 12.4. The fraction of sp³-hybridized carbons (Fsp3) is 0.375. The van der Waals surface area contributed by atoms with Gasteiger partial charge in [-0.25, -0.2) is 0 Å². The van der Waals surface area contributed by atoms with E-state index in [4.69, 9.17) is 16.3 Å². The molecule has 2 aromatic carbocycles. The highest BCUT2D eigenvalue weighted by Gasteiger charge is 2.17. The number of thioether (sulfide) groups is 1. The van der Waals surface area contributed by atoms with Crippen LogP contribution >= 0.6 is 23.4 Å². The summed E-state index contributed by atoms with van der Waals surface area (Å²) in [5.74, 6) is 0.955. The number of hydrogen-bond donors (Lipinski definition) is 1. The minimum Gasteiger partial charge on any atom is -0.385 e. The largest absolute Gasteiger partial charge is 0.385 e. The molecule has 0 spiro atoms. The topological polar surface area (TPSA) is 72.3 Å². The third-order valence-corrected chi connectivity index (χ3v) is 6.38. The Morgan fingerprint density at radius 3 is 2.64 bits per heavy atom. The van der Waals surface area contributed by atoms with Gasteiger partial charge in [-0.05, 0) is 37.1 Å². The van der Waals surface area contributed by atoms with Gasteiger partial charge in [0.05, 0.1) is 10.8 Å². The highest BCUT2D eigenvalue weighted by Crippen LogP contribution is 2.29. The second-order valence-electron chi connectivity index (χ2n) is 7.53. The van der Waals surface area contributed by atoms with Crippen molar-refractivity contribution < 1.29 is 9.53 Å². The molecule has 0 aliphatic carbocycles.